The van der Waals surface area contributed by atoms with E-state index in [0.29, 0.717) is 5.56 Å². The molecule has 0 unspecified atom stereocenters. The number of rotatable bonds is 3. The summed E-state index contributed by atoms with van der Waals surface area (Å²) in [5.74, 6) is -0.534. The highest BCUT2D eigenvalue weighted by molar-refractivity contribution is 7.76. The number of carbonyl (C=O) groups is 1. The van der Waals surface area contributed by atoms with E-state index in [4.69, 9.17) is 5.73 Å². The van der Waals surface area contributed by atoms with Crippen LogP contribution in [0.15, 0.2) is 23.8 Å². The monoisotopic (exact) mass is 504 g/mol. The molecule has 0 atom stereocenters. The van der Waals surface area contributed by atoms with E-state index in [9.17, 15) is 4.79 Å². The molecule has 181 valence electrons. The number of carbonyl (C=O) groups excluding carboxylic acids is 1. The Morgan fingerprint density at radius 3 is 2.15 bits per heavy atom. The summed E-state index contributed by atoms with van der Waals surface area (Å²) < 4.78 is 0. The highest BCUT2D eigenvalue weighted by Crippen LogP contribution is 2.43. The number of benzene rings is 2. The maximum atomic E-state index is 12.6. The second kappa shape index (κ2) is 7.65. The third-order valence-corrected chi connectivity index (χ3v) is 51.5. The Labute approximate surface area is 209 Å². The van der Waals surface area contributed by atoms with Crippen LogP contribution in [-0.4, -0.2) is 28.2 Å². The number of hydrogen-bond acceptors (Lipinski definition) is 1. The van der Waals surface area contributed by atoms with Gasteiger partial charge in [-0.05, 0) is 58.6 Å². The number of nitrogens with one attached hydrogen (secondary N) is 1. The van der Waals surface area contributed by atoms with Crippen molar-refractivity contribution >= 4 is 44.6 Å². The topological polar surface area (TPSA) is 40.9 Å². The molecule has 1 N–H and O–H groups in total. The summed E-state index contributed by atoms with van der Waals surface area (Å²) in [6.07, 6.45) is 4.48. The molecule has 0 bridgehead atoms. The second-order valence-corrected chi connectivity index (χ2v) is 40.5. The first-order valence-electron chi connectivity index (χ1n) is 12.8. The van der Waals surface area contributed by atoms with Gasteiger partial charge in [-0.1, -0.05) is 107 Å². The SMILES string of the molecule is CCC1=Cc2cc(C(C)(C)C)cc(-c3c(C)c(C([NH])=O)cc4c3[Si](C)(C)[Si](C)(C)[Si]4(C)C)c2C1. The average molecular weight is 505 g/mol. The molecule has 0 aromatic heterocycles. The van der Waals surface area contributed by atoms with Crippen LogP contribution in [-0.2, 0) is 11.8 Å². The van der Waals surface area contributed by atoms with E-state index in [1.807, 2.05) is 0 Å². The van der Waals surface area contributed by atoms with Gasteiger partial charge in [0.15, 0.2) is 0 Å². The number of amides is 1. The molecule has 5 heteroatoms. The van der Waals surface area contributed by atoms with Gasteiger partial charge in [-0.25, -0.2) is 0 Å². The first-order valence-corrected chi connectivity index (χ1v) is 23.8. The molecule has 1 aliphatic heterocycles. The van der Waals surface area contributed by atoms with Crippen molar-refractivity contribution in [2.45, 2.75) is 92.2 Å². The quantitative estimate of drug-likeness (QED) is 0.443. The van der Waals surface area contributed by atoms with Gasteiger partial charge in [-0.2, -0.15) is 0 Å². The van der Waals surface area contributed by atoms with Gasteiger partial charge in [0.2, 0.25) is 0 Å². The van der Waals surface area contributed by atoms with E-state index in [-0.39, 0.29) is 5.41 Å². The summed E-state index contributed by atoms with van der Waals surface area (Å²) in [6, 6.07) is 7.02. The lowest BCUT2D eigenvalue weighted by Crippen LogP contribution is -2.68. The summed E-state index contributed by atoms with van der Waals surface area (Å²) in [5.41, 5.74) is 18.2. The van der Waals surface area contributed by atoms with Gasteiger partial charge in [0.1, 0.15) is 0 Å². The van der Waals surface area contributed by atoms with Crippen molar-refractivity contribution in [1.82, 2.24) is 5.73 Å². The minimum atomic E-state index is -1.75. The Kier molecular flexibility index (Phi) is 5.71. The van der Waals surface area contributed by atoms with Crippen molar-refractivity contribution in [3.05, 3.63) is 51.6 Å². The fraction of sp³-hybridized carbons (Fsp3) is 0.483. The Hall–Kier alpha value is -1.70. The largest absolute Gasteiger partial charge is 0.269 e. The molecular formula is C29H42NOSi3. The zero-order valence-electron chi connectivity index (χ0n) is 23.1. The summed E-state index contributed by atoms with van der Waals surface area (Å²) >= 11 is 0. The van der Waals surface area contributed by atoms with Crippen LogP contribution in [0.2, 0.25) is 39.3 Å². The Morgan fingerprint density at radius 2 is 1.62 bits per heavy atom. The fourth-order valence-electron chi connectivity index (χ4n) is 6.33. The number of hydrogen-bond donors (Lipinski definition) is 0. The first-order chi connectivity index (χ1) is 15.5. The van der Waals surface area contributed by atoms with E-state index >= 15 is 0 Å². The van der Waals surface area contributed by atoms with Gasteiger partial charge in [0.25, 0.3) is 5.91 Å². The minimum Gasteiger partial charge on any atom is -0.267 e. The van der Waals surface area contributed by atoms with Crippen LogP contribution in [0.3, 0.4) is 0 Å². The maximum Gasteiger partial charge on any atom is 0.269 e. The number of allylic oxidation sites excluding steroid dienone is 1. The van der Waals surface area contributed by atoms with Crippen molar-refractivity contribution in [2.75, 3.05) is 0 Å². The van der Waals surface area contributed by atoms with Crippen LogP contribution in [0, 0.1) is 6.92 Å². The van der Waals surface area contributed by atoms with E-state index in [2.05, 4.69) is 98.2 Å². The average Bonchev–Trinajstić information content (AvgIpc) is 3.18. The zero-order valence-corrected chi connectivity index (χ0v) is 26.1. The first kappa shape index (κ1) is 25.4. The van der Waals surface area contributed by atoms with Crippen molar-refractivity contribution in [1.29, 1.82) is 0 Å². The van der Waals surface area contributed by atoms with Crippen molar-refractivity contribution in [3.8, 4) is 11.1 Å². The van der Waals surface area contributed by atoms with E-state index < -0.39 is 28.2 Å². The highest BCUT2D eigenvalue weighted by atomic mass is 29.6. The predicted octanol–water partition coefficient (Wildman–Crippen LogP) is 6.44. The molecule has 0 spiro atoms. The Morgan fingerprint density at radius 1 is 1.00 bits per heavy atom. The van der Waals surface area contributed by atoms with Gasteiger partial charge in [0, 0.05) is 12.7 Å². The van der Waals surface area contributed by atoms with Crippen LogP contribution < -0.4 is 16.1 Å². The van der Waals surface area contributed by atoms with E-state index in [1.165, 1.54) is 38.6 Å². The van der Waals surface area contributed by atoms with Gasteiger partial charge in [-0.15, -0.1) is 0 Å². The normalized spacial score (nSPS) is 19.6. The van der Waals surface area contributed by atoms with Gasteiger partial charge >= 0.3 is 0 Å². The lowest BCUT2D eigenvalue weighted by molar-refractivity contribution is 0.0991. The van der Waals surface area contributed by atoms with Crippen molar-refractivity contribution in [2.24, 2.45) is 0 Å². The lowest BCUT2D eigenvalue weighted by atomic mass is 9.81. The molecule has 2 aromatic rings. The smallest absolute Gasteiger partial charge is 0.267 e. The molecule has 0 saturated heterocycles. The molecule has 1 radical (unpaired) electrons. The predicted molar refractivity (Wildman–Crippen MR) is 156 cm³/mol. The van der Waals surface area contributed by atoms with Crippen molar-refractivity contribution < 1.29 is 4.79 Å². The molecule has 0 fully saturated rings. The molecule has 2 aromatic carbocycles. The molecule has 34 heavy (non-hydrogen) atoms. The molecule has 2 aliphatic rings. The zero-order chi connectivity index (χ0) is 25.6. The van der Waals surface area contributed by atoms with Crippen LogP contribution in [0.25, 0.3) is 17.2 Å². The van der Waals surface area contributed by atoms with Crippen LogP contribution >= 0.6 is 0 Å². The Bertz CT molecular complexity index is 1260. The van der Waals surface area contributed by atoms with Gasteiger partial charge in [0.05, 0.1) is 15.2 Å². The molecule has 1 amide bonds. The summed E-state index contributed by atoms with van der Waals surface area (Å²) in [5, 5.41) is 3.12. The van der Waals surface area contributed by atoms with Crippen LogP contribution in [0.5, 0.6) is 0 Å². The lowest BCUT2D eigenvalue weighted by Gasteiger charge is -2.40. The maximum absolute atomic E-state index is 12.6. The third kappa shape index (κ3) is 3.34. The Balaban J connectivity index is 2.20. The standard InChI is InChI=1S/C29H42NOSi3/c1-12-19-13-20-15-21(29(3,4)5)16-24(23(20)14-19)26-18(2)22(28(30)31)17-25-27(26)33(8,9)34(10,11)32(25,6)7/h13,15-17,30H,12,14H2,1-11H3. The number of fused-ring (bicyclic) bond motifs is 2. The third-order valence-electron chi connectivity index (χ3n) is 9.89. The highest BCUT2D eigenvalue weighted by Gasteiger charge is 2.61. The molecule has 1 aliphatic carbocycles. The van der Waals surface area contributed by atoms with Crippen LogP contribution in [0.1, 0.15) is 66.7 Å². The van der Waals surface area contributed by atoms with Crippen molar-refractivity contribution in [3.63, 3.8) is 0 Å². The van der Waals surface area contributed by atoms with Gasteiger partial charge in [-0.3, -0.25) is 10.5 Å². The van der Waals surface area contributed by atoms with Crippen LogP contribution in [0.4, 0.5) is 0 Å². The molecule has 0 saturated carbocycles. The molecule has 1 heterocycles. The molecular weight excluding hydrogens is 463 g/mol. The molecule has 2 nitrogen and oxygen atoms in total. The second-order valence-electron chi connectivity index (χ2n) is 13.2. The molecule has 4 rings (SSSR count). The fourth-order valence-corrected chi connectivity index (χ4v) is 41.1. The summed E-state index contributed by atoms with van der Waals surface area (Å²) in [6.45, 7) is 26.8. The van der Waals surface area contributed by atoms with Gasteiger partial charge < -0.3 is 0 Å². The van der Waals surface area contributed by atoms with E-state index in [1.54, 1.807) is 5.19 Å². The van der Waals surface area contributed by atoms with E-state index in [0.717, 1.165) is 18.4 Å². The minimum absolute atomic E-state index is 0.0432. The summed E-state index contributed by atoms with van der Waals surface area (Å²) in [4.78, 5) is 12.6. The summed E-state index contributed by atoms with van der Waals surface area (Å²) in [7, 11) is -5.03.